The van der Waals surface area contributed by atoms with Crippen molar-refractivity contribution in [3.05, 3.63) is 89.5 Å². The van der Waals surface area contributed by atoms with Gasteiger partial charge >= 0.3 is 0 Å². The van der Waals surface area contributed by atoms with Crippen molar-refractivity contribution in [2.45, 2.75) is 12.5 Å². The lowest BCUT2D eigenvalue weighted by Crippen LogP contribution is -2.34. The number of aromatic amines is 1. The van der Waals surface area contributed by atoms with Crippen molar-refractivity contribution in [2.24, 2.45) is 0 Å². The number of nitrogens with zero attached hydrogens (tertiary/aromatic N) is 2. The molecule has 0 fully saturated rings. The molecule has 4 heteroatoms. The van der Waals surface area contributed by atoms with Crippen LogP contribution in [0.25, 0.3) is 6.08 Å². The van der Waals surface area contributed by atoms with E-state index in [0.717, 1.165) is 31.1 Å². The number of aromatic nitrogens is 2. The predicted molar refractivity (Wildman–Crippen MR) is 104 cm³/mol. The Labute approximate surface area is 154 Å². The van der Waals surface area contributed by atoms with Crippen LogP contribution in [0, 0.1) is 0 Å². The van der Waals surface area contributed by atoms with Crippen LogP contribution in [0.2, 0.25) is 0 Å². The molecule has 0 radical (unpaired) electrons. The molecule has 0 amide bonds. The van der Waals surface area contributed by atoms with Crippen LogP contribution < -0.4 is 4.74 Å². The summed E-state index contributed by atoms with van der Waals surface area (Å²) >= 11 is 0. The van der Waals surface area contributed by atoms with Crippen LogP contribution in [0.5, 0.6) is 5.75 Å². The minimum Gasteiger partial charge on any atom is -0.497 e. The molecule has 2 heterocycles. The highest BCUT2D eigenvalue weighted by Crippen LogP contribution is 2.32. The van der Waals surface area contributed by atoms with E-state index in [4.69, 9.17) is 4.74 Å². The maximum absolute atomic E-state index is 5.40. The maximum atomic E-state index is 5.40. The predicted octanol–water partition coefficient (Wildman–Crippen LogP) is 4.08. The van der Waals surface area contributed by atoms with E-state index in [9.17, 15) is 0 Å². The Bertz CT molecular complexity index is 885. The number of H-pyrrole nitrogens is 1. The molecule has 0 bridgehead atoms. The van der Waals surface area contributed by atoms with Crippen LogP contribution in [0.3, 0.4) is 0 Å². The molecule has 0 spiro atoms. The van der Waals surface area contributed by atoms with E-state index in [1.807, 2.05) is 12.1 Å². The van der Waals surface area contributed by atoms with Gasteiger partial charge in [0.1, 0.15) is 5.75 Å². The van der Waals surface area contributed by atoms with E-state index in [2.05, 4.69) is 69.5 Å². The number of benzene rings is 2. The minimum absolute atomic E-state index is 0.255. The average Bonchev–Trinajstić information content (AvgIpc) is 3.17. The van der Waals surface area contributed by atoms with Crippen LogP contribution in [-0.2, 0) is 6.54 Å². The zero-order chi connectivity index (χ0) is 17.8. The lowest BCUT2D eigenvalue weighted by atomic mass is 9.91. The van der Waals surface area contributed by atoms with Gasteiger partial charge in [-0.2, -0.15) is 0 Å². The van der Waals surface area contributed by atoms with Crippen LogP contribution in [0.4, 0.5) is 0 Å². The summed E-state index contributed by atoms with van der Waals surface area (Å²) in [5.74, 6) is 1.14. The Morgan fingerprint density at radius 2 is 2.08 bits per heavy atom. The van der Waals surface area contributed by atoms with Crippen molar-refractivity contribution < 1.29 is 4.74 Å². The molecule has 2 aromatic carbocycles. The second-order valence-electron chi connectivity index (χ2n) is 6.60. The Balaban J connectivity index is 1.53. The van der Waals surface area contributed by atoms with E-state index < -0.39 is 0 Å². The molecule has 4 nitrogen and oxygen atoms in total. The fourth-order valence-corrected chi connectivity index (χ4v) is 3.55. The lowest BCUT2D eigenvalue weighted by molar-refractivity contribution is 0.261. The van der Waals surface area contributed by atoms with Gasteiger partial charge in [-0.15, -0.1) is 0 Å². The monoisotopic (exact) mass is 345 g/mol. The second kappa shape index (κ2) is 7.58. The molecule has 3 aromatic rings. The molecule has 1 aliphatic heterocycles. The van der Waals surface area contributed by atoms with Crippen LogP contribution in [0.15, 0.2) is 67.0 Å². The summed E-state index contributed by atoms with van der Waals surface area (Å²) in [6, 6.07) is 18.7. The van der Waals surface area contributed by atoms with Gasteiger partial charge in [-0.3, -0.25) is 4.90 Å². The molecule has 0 aliphatic carbocycles. The van der Waals surface area contributed by atoms with Crippen LogP contribution >= 0.6 is 0 Å². The first-order valence-electron chi connectivity index (χ1n) is 8.93. The number of hydrogen-bond donors (Lipinski definition) is 1. The molecular formula is C22H23N3O. The quantitative estimate of drug-likeness (QED) is 0.757. The van der Waals surface area contributed by atoms with E-state index in [0.29, 0.717) is 0 Å². The molecular weight excluding hydrogens is 322 g/mol. The van der Waals surface area contributed by atoms with Gasteiger partial charge in [0.15, 0.2) is 0 Å². The largest absolute Gasteiger partial charge is 0.497 e. The molecule has 1 aliphatic rings. The summed E-state index contributed by atoms with van der Waals surface area (Å²) in [4.78, 5) is 10.4. The molecule has 26 heavy (non-hydrogen) atoms. The number of rotatable bonds is 5. The van der Waals surface area contributed by atoms with E-state index in [-0.39, 0.29) is 5.92 Å². The number of hydrogen-bond acceptors (Lipinski definition) is 3. The summed E-state index contributed by atoms with van der Waals surface area (Å²) in [5.41, 5.74) is 4.84. The van der Waals surface area contributed by atoms with Gasteiger partial charge in [0.25, 0.3) is 0 Å². The summed E-state index contributed by atoms with van der Waals surface area (Å²) in [6.07, 6.45) is 6.23. The first kappa shape index (κ1) is 16.6. The molecule has 0 saturated carbocycles. The van der Waals surface area contributed by atoms with E-state index in [1.165, 1.54) is 16.8 Å². The Kier molecular flexibility index (Phi) is 4.84. The number of fused-ring (bicyclic) bond motifs is 1. The molecule has 0 saturated heterocycles. The van der Waals surface area contributed by atoms with Gasteiger partial charge in [-0.25, -0.2) is 4.98 Å². The number of nitrogens with one attached hydrogen (secondary N) is 1. The van der Waals surface area contributed by atoms with Gasteiger partial charge in [-0.1, -0.05) is 54.6 Å². The number of imidazole rings is 1. The highest BCUT2D eigenvalue weighted by molar-refractivity contribution is 5.49. The zero-order valence-electron chi connectivity index (χ0n) is 14.9. The minimum atomic E-state index is 0.255. The molecule has 1 N–H and O–H groups in total. The molecule has 4 rings (SSSR count). The van der Waals surface area contributed by atoms with Crippen LogP contribution in [0.1, 0.15) is 28.4 Å². The van der Waals surface area contributed by atoms with Crippen molar-refractivity contribution >= 4 is 6.08 Å². The van der Waals surface area contributed by atoms with E-state index in [1.54, 1.807) is 13.4 Å². The summed E-state index contributed by atoms with van der Waals surface area (Å²) in [7, 11) is 1.71. The summed E-state index contributed by atoms with van der Waals surface area (Å²) < 4.78 is 5.40. The third-order valence-electron chi connectivity index (χ3n) is 4.87. The summed E-state index contributed by atoms with van der Waals surface area (Å²) in [6.45, 7) is 2.76. The van der Waals surface area contributed by atoms with Crippen molar-refractivity contribution in [3.8, 4) is 5.75 Å². The Morgan fingerprint density at radius 1 is 1.19 bits per heavy atom. The normalized spacial score (nSPS) is 17.3. The molecule has 1 aromatic heterocycles. The lowest BCUT2D eigenvalue weighted by Gasteiger charge is -2.31. The van der Waals surface area contributed by atoms with Gasteiger partial charge < -0.3 is 9.72 Å². The van der Waals surface area contributed by atoms with Crippen molar-refractivity contribution in [3.63, 3.8) is 0 Å². The standard InChI is InChI=1S/C22H23N3O/c1-26-19-11-5-10-18(13-19)20-14-25(15-21-22(20)24-16-23-21)12-6-9-17-7-3-2-4-8-17/h2-11,13,16,20H,12,14-15H2,1H3,(H,23,24). The van der Waals surface area contributed by atoms with Gasteiger partial charge in [-0.05, 0) is 23.3 Å². The average molecular weight is 345 g/mol. The fourth-order valence-electron chi connectivity index (χ4n) is 3.55. The topological polar surface area (TPSA) is 41.1 Å². The maximum Gasteiger partial charge on any atom is 0.119 e. The smallest absolute Gasteiger partial charge is 0.119 e. The van der Waals surface area contributed by atoms with Gasteiger partial charge in [0.2, 0.25) is 0 Å². The highest BCUT2D eigenvalue weighted by atomic mass is 16.5. The second-order valence-corrected chi connectivity index (χ2v) is 6.60. The SMILES string of the molecule is COc1cccc(C2CN(CC=Cc3ccccc3)Cc3[nH]cnc32)c1. The number of ether oxygens (including phenoxy) is 1. The van der Waals surface area contributed by atoms with Gasteiger partial charge in [0.05, 0.1) is 24.8 Å². The van der Waals surface area contributed by atoms with Gasteiger partial charge in [0, 0.05) is 25.6 Å². The first-order valence-corrected chi connectivity index (χ1v) is 8.93. The Morgan fingerprint density at radius 3 is 2.92 bits per heavy atom. The molecule has 1 atom stereocenters. The third kappa shape index (κ3) is 3.55. The van der Waals surface area contributed by atoms with E-state index >= 15 is 0 Å². The Hall–Kier alpha value is -2.85. The fraction of sp³-hybridized carbons (Fsp3) is 0.227. The highest BCUT2D eigenvalue weighted by Gasteiger charge is 2.28. The van der Waals surface area contributed by atoms with Crippen LogP contribution in [-0.4, -0.2) is 35.1 Å². The third-order valence-corrected chi connectivity index (χ3v) is 4.87. The molecule has 132 valence electrons. The van der Waals surface area contributed by atoms with Crippen molar-refractivity contribution in [1.29, 1.82) is 0 Å². The first-order chi connectivity index (χ1) is 12.8. The summed E-state index contributed by atoms with van der Waals surface area (Å²) in [5, 5.41) is 0. The number of methoxy groups -OCH3 is 1. The van der Waals surface area contributed by atoms with Crippen molar-refractivity contribution in [2.75, 3.05) is 20.2 Å². The zero-order valence-corrected chi connectivity index (χ0v) is 14.9. The van der Waals surface area contributed by atoms with Crippen molar-refractivity contribution in [1.82, 2.24) is 14.9 Å². The molecule has 1 unspecified atom stereocenters.